The second kappa shape index (κ2) is 4.54. The average molecular weight is 270 g/mol. The first-order valence-electron chi connectivity index (χ1n) is 5.39. The normalized spacial score (nSPS) is 21.6. The second-order valence-electron chi connectivity index (χ2n) is 4.17. The van der Waals surface area contributed by atoms with Crippen molar-refractivity contribution < 1.29 is 5.11 Å². The zero-order valence-electron chi connectivity index (χ0n) is 8.89. The Hall–Kier alpha value is -0.540. The predicted molar refractivity (Wildman–Crippen MR) is 65.4 cm³/mol. The van der Waals surface area contributed by atoms with Crippen LogP contribution in [0.15, 0.2) is 16.6 Å². The molecule has 1 aromatic rings. The standard InChI is InChI=1S/C12H16BrNO/c1-8-4-5-10(15)11(12(8)13)9-3-2-6-14-7-9/h4-5,9,14-15H,2-3,6-7H2,1H3. The number of hydrogen-bond acceptors (Lipinski definition) is 2. The minimum Gasteiger partial charge on any atom is -0.508 e. The Morgan fingerprint density at radius 1 is 1.47 bits per heavy atom. The Morgan fingerprint density at radius 3 is 2.93 bits per heavy atom. The molecule has 1 atom stereocenters. The van der Waals surface area contributed by atoms with Crippen molar-refractivity contribution in [1.82, 2.24) is 5.32 Å². The first kappa shape index (κ1) is 11.0. The molecular formula is C12H16BrNO. The molecule has 1 heterocycles. The molecule has 0 aliphatic carbocycles. The highest BCUT2D eigenvalue weighted by molar-refractivity contribution is 9.10. The van der Waals surface area contributed by atoms with Crippen LogP contribution < -0.4 is 5.32 Å². The van der Waals surface area contributed by atoms with Crippen LogP contribution in [0.4, 0.5) is 0 Å². The molecule has 1 aliphatic heterocycles. The minimum absolute atomic E-state index is 0.418. The van der Waals surface area contributed by atoms with Gasteiger partial charge in [0.1, 0.15) is 5.75 Å². The molecule has 0 bridgehead atoms. The van der Waals surface area contributed by atoms with E-state index in [4.69, 9.17) is 0 Å². The van der Waals surface area contributed by atoms with Gasteiger partial charge in [-0.2, -0.15) is 0 Å². The first-order valence-corrected chi connectivity index (χ1v) is 6.18. The quantitative estimate of drug-likeness (QED) is 0.822. The SMILES string of the molecule is Cc1ccc(O)c(C2CCCNC2)c1Br. The van der Waals surface area contributed by atoms with Crippen LogP contribution in [0, 0.1) is 6.92 Å². The van der Waals surface area contributed by atoms with E-state index in [0.29, 0.717) is 11.7 Å². The molecule has 2 N–H and O–H groups in total. The lowest BCUT2D eigenvalue weighted by molar-refractivity contribution is 0.424. The molecule has 1 aliphatic rings. The zero-order chi connectivity index (χ0) is 10.8. The van der Waals surface area contributed by atoms with Crippen molar-refractivity contribution >= 4 is 15.9 Å². The number of halogens is 1. The van der Waals surface area contributed by atoms with Crippen molar-refractivity contribution in [3.63, 3.8) is 0 Å². The summed E-state index contributed by atoms with van der Waals surface area (Å²) in [7, 11) is 0. The molecule has 0 radical (unpaired) electrons. The molecular weight excluding hydrogens is 254 g/mol. The monoisotopic (exact) mass is 269 g/mol. The van der Waals surface area contributed by atoms with Gasteiger partial charge in [-0.15, -0.1) is 0 Å². The maximum absolute atomic E-state index is 9.91. The van der Waals surface area contributed by atoms with E-state index in [0.717, 1.165) is 29.5 Å². The Kier molecular flexibility index (Phi) is 3.32. The van der Waals surface area contributed by atoms with Gasteiger partial charge in [-0.1, -0.05) is 22.0 Å². The van der Waals surface area contributed by atoms with Crippen molar-refractivity contribution in [2.24, 2.45) is 0 Å². The fourth-order valence-electron chi connectivity index (χ4n) is 2.18. The van der Waals surface area contributed by atoms with Gasteiger partial charge in [0.25, 0.3) is 0 Å². The maximum Gasteiger partial charge on any atom is 0.120 e. The summed E-state index contributed by atoms with van der Waals surface area (Å²) >= 11 is 3.58. The lowest BCUT2D eigenvalue weighted by Gasteiger charge is -2.25. The number of piperidine rings is 1. The summed E-state index contributed by atoms with van der Waals surface area (Å²) in [4.78, 5) is 0. The Labute approximate surface area is 98.8 Å². The fraction of sp³-hybridized carbons (Fsp3) is 0.500. The van der Waals surface area contributed by atoms with Crippen molar-refractivity contribution in [1.29, 1.82) is 0 Å². The van der Waals surface area contributed by atoms with Gasteiger partial charge in [0.2, 0.25) is 0 Å². The molecule has 15 heavy (non-hydrogen) atoms. The highest BCUT2D eigenvalue weighted by atomic mass is 79.9. The Bertz CT molecular complexity index is 359. The molecule has 0 aromatic heterocycles. The van der Waals surface area contributed by atoms with Gasteiger partial charge in [-0.05, 0) is 37.9 Å². The number of phenolic OH excluding ortho intramolecular Hbond substituents is 1. The molecule has 1 unspecified atom stereocenters. The molecule has 2 nitrogen and oxygen atoms in total. The zero-order valence-corrected chi connectivity index (χ0v) is 10.5. The highest BCUT2D eigenvalue weighted by Crippen LogP contribution is 2.37. The summed E-state index contributed by atoms with van der Waals surface area (Å²) in [5.41, 5.74) is 2.26. The minimum atomic E-state index is 0.418. The first-order chi connectivity index (χ1) is 7.20. The molecule has 3 heteroatoms. The van der Waals surface area contributed by atoms with Gasteiger partial charge in [0, 0.05) is 22.5 Å². The molecule has 82 valence electrons. The largest absolute Gasteiger partial charge is 0.508 e. The Morgan fingerprint density at radius 2 is 2.27 bits per heavy atom. The van der Waals surface area contributed by atoms with Crippen molar-refractivity contribution in [3.05, 3.63) is 27.7 Å². The number of phenols is 1. The summed E-state index contributed by atoms with van der Waals surface area (Å²) in [6, 6.07) is 3.74. The summed E-state index contributed by atoms with van der Waals surface area (Å²) in [5.74, 6) is 0.856. The third kappa shape index (κ3) is 2.18. The van der Waals surface area contributed by atoms with Gasteiger partial charge < -0.3 is 10.4 Å². The van der Waals surface area contributed by atoms with Gasteiger partial charge in [0.15, 0.2) is 0 Å². The topological polar surface area (TPSA) is 32.3 Å². The number of aryl methyl sites for hydroxylation is 1. The van der Waals surface area contributed by atoms with E-state index in [9.17, 15) is 5.11 Å². The molecule has 1 fully saturated rings. The van der Waals surface area contributed by atoms with Crippen molar-refractivity contribution in [3.8, 4) is 5.75 Å². The number of benzene rings is 1. The van der Waals surface area contributed by atoms with Crippen LogP contribution in [0.1, 0.15) is 29.9 Å². The van der Waals surface area contributed by atoms with Gasteiger partial charge >= 0.3 is 0 Å². The third-order valence-corrected chi connectivity index (χ3v) is 4.11. The molecule has 2 rings (SSSR count). The maximum atomic E-state index is 9.91. The third-order valence-electron chi connectivity index (χ3n) is 3.05. The van der Waals surface area contributed by atoms with E-state index in [1.165, 1.54) is 12.0 Å². The highest BCUT2D eigenvalue weighted by Gasteiger charge is 2.21. The van der Waals surface area contributed by atoms with Gasteiger partial charge in [-0.3, -0.25) is 0 Å². The van der Waals surface area contributed by atoms with Crippen LogP contribution in [0.3, 0.4) is 0 Å². The average Bonchev–Trinajstić information content (AvgIpc) is 2.26. The van der Waals surface area contributed by atoms with Gasteiger partial charge in [-0.25, -0.2) is 0 Å². The number of aromatic hydroxyl groups is 1. The summed E-state index contributed by atoms with van der Waals surface area (Å²) in [6.07, 6.45) is 2.34. The smallest absolute Gasteiger partial charge is 0.120 e. The van der Waals surface area contributed by atoms with Crippen LogP contribution in [-0.4, -0.2) is 18.2 Å². The predicted octanol–water partition coefficient (Wildman–Crippen LogP) is 2.93. The van der Waals surface area contributed by atoms with Gasteiger partial charge in [0.05, 0.1) is 0 Å². The van der Waals surface area contributed by atoms with Crippen LogP contribution in [0.25, 0.3) is 0 Å². The van der Waals surface area contributed by atoms with Crippen molar-refractivity contribution in [2.45, 2.75) is 25.7 Å². The van der Waals surface area contributed by atoms with Crippen molar-refractivity contribution in [2.75, 3.05) is 13.1 Å². The number of hydrogen-bond donors (Lipinski definition) is 2. The van der Waals surface area contributed by atoms with E-state index < -0.39 is 0 Å². The van der Waals surface area contributed by atoms with Crippen LogP contribution in [-0.2, 0) is 0 Å². The van der Waals surface area contributed by atoms with E-state index in [2.05, 4.69) is 28.2 Å². The lowest BCUT2D eigenvalue weighted by atomic mass is 9.90. The summed E-state index contributed by atoms with van der Waals surface area (Å²) < 4.78 is 1.07. The van der Waals surface area contributed by atoms with E-state index in [1.807, 2.05) is 6.07 Å². The number of nitrogens with one attached hydrogen (secondary N) is 1. The molecule has 1 aromatic carbocycles. The molecule has 0 spiro atoms. The molecule has 0 amide bonds. The summed E-state index contributed by atoms with van der Waals surface area (Å²) in [5, 5.41) is 13.3. The second-order valence-corrected chi connectivity index (χ2v) is 4.97. The van der Waals surface area contributed by atoms with Crippen LogP contribution in [0.5, 0.6) is 5.75 Å². The lowest BCUT2D eigenvalue weighted by Crippen LogP contribution is -2.28. The molecule has 1 saturated heterocycles. The summed E-state index contributed by atoms with van der Waals surface area (Å²) in [6.45, 7) is 4.12. The number of rotatable bonds is 1. The Balaban J connectivity index is 2.36. The van der Waals surface area contributed by atoms with Crippen LogP contribution in [0.2, 0.25) is 0 Å². The van der Waals surface area contributed by atoms with E-state index in [-0.39, 0.29) is 0 Å². The fourth-order valence-corrected chi connectivity index (χ4v) is 2.84. The van der Waals surface area contributed by atoms with E-state index in [1.54, 1.807) is 6.07 Å². The molecule has 0 saturated carbocycles. The van der Waals surface area contributed by atoms with E-state index >= 15 is 0 Å². The van der Waals surface area contributed by atoms with Crippen LogP contribution >= 0.6 is 15.9 Å².